The normalized spacial score (nSPS) is 20.2. The van der Waals surface area contributed by atoms with Crippen molar-refractivity contribution in [2.24, 2.45) is 0 Å². The molecule has 6 heterocycles. The minimum Gasteiger partial charge on any atom is -0.493 e. The molecule has 0 radical (unpaired) electrons. The number of ether oxygens (including phenoxy) is 1. The summed E-state index contributed by atoms with van der Waals surface area (Å²) < 4.78 is 48.1. The number of nitrogens with zero attached hydrogens (tertiary/aromatic N) is 7. The molecule has 190 valence electrons. The van der Waals surface area contributed by atoms with E-state index in [9.17, 15) is 13.2 Å². The maximum Gasteiger partial charge on any atom is 0.393 e. The van der Waals surface area contributed by atoms with E-state index < -0.39 is 12.6 Å². The molecule has 2 fully saturated rings. The maximum absolute atomic E-state index is 13.7. The molecule has 2 aliphatic heterocycles. The third-order valence-corrected chi connectivity index (χ3v) is 8.29. The molecule has 2 saturated heterocycles. The third-order valence-electron chi connectivity index (χ3n) is 7.09. The Bertz CT molecular complexity index is 1430. The topological polar surface area (TPSA) is 87.5 Å². The van der Waals surface area contributed by atoms with Crippen LogP contribution in [0, 0.1) is 6.92 Å². The van der Waals surface area contributed by atoms with Crippen LogP contribution in [0.1, 0.15) is 24.6 Å². The number of aryl methyl sites for hydroxylation is 1. The van der Waals surface area contributed by atoms with Crippen LogP contribution in [0.5, 0.6) is 5.75 Å². The average molecular weight is 519 g/mol. The average Bonchev–Trinajstić information content (AvgIpc) is 3.64. The first-order valence-electron chi connectivity index (χ1n) is 11.8. The Morgan fingerprint density at radius 2 is 2.08 bits per heavy atom. The molecule has 36 heavy (non-hydrogen) atoms. The lowest BCUT2D eigenvalue weighted by atomic mass is 10.0. The van der Waals surface area contributed by atoms with Gasteiger partial charge >= 0.3 is 6.18 Å². The molecular weight excluding hydrogens is 493 g/mol. The van der Waals surface area contributed by atoms with Gasteiger partial charge in [-0.2, -0.15) is 23.4 Å². The van der Waals surface area contributed by atoms with Gasteiger partial charge in [0.15, 0.2) is 11.4 Å². The number of piperazine rings is 1. The number of alkyl halides is 3. The van der Waals surface area contributed by atoms with Crippen LogP contribution in [0.25, 0.3) is 27.6 Å². The van der Waals surface area contributed by atoms with Crippen LogP contribution in [0.15, 0.2) is 18.6 Å². The lowest BCUT2D eigenvalue weighted by Crippen LogP contribution is -2.46. The summed E-state index contributed by atoms with van der Waals surface area (Å²) in [5.74, 6) is 0.400. The predicted molar refractivity (Wildman–Crippen MR) is 130 cm³/mol. The van der Waals surface area contributed by atoms with Gasteiger partial charge in [0.25, 0.3) is 0 Å². The zero-order valence-electron chi connectivity index (χ0n) is 20.0. The minimum atomic E-state index is -4.43. The molecule has 13 heteroatoms. The van der Waals surface area contributed by atoms with E-state index in [0.717, 1.165) is 36.8 Å². The van der Waals surface area contributed by atoms with E-state index >= 15 is 0 Å². The van der Waals surface area contributed by atoms with Crippen molar-refractivity contribution in [1.29, 1.82) is 0 Å². The Morgan fingerprint density at radius 3 is 2.78 bits per heavy atom. The van der Waals surface area contributed by atoms with Crippen molar-refractivity contribution in [2.75, 3.05) is 31.6 Å². The minimum absolute atomic E-state index is 0.0458. The molecule has 1 N–H and O–H groups in total. The van der Waals surface area contributed by atoms with Crippen molar-refractivity contribution in [2.45, 2.75) is 44.9 Å². The molecule has 4 aromatic rings. The van der Waals surface area contributed by atoms with Crippen molar-refractivity contribution in [1.82, 2.24) is 34.7 Å². The summed E-state index contributed by atoms with van der Waals surface area (Å²) in [6, 6.07) is 2.57. The summed E-state index contributed by atoms with van der Waals surface area (Å²) >= 11 is 1.41. The molecular formula is C23H25F3N8OS. The summed E-state index contributed by atoms with van der Waals surface area (Å²) in [5, 5.41) is 12.8. The van der Waals surface area contributed by atoms with Crippen LogP contribution < -0.4 is 9.64 Å². The van der Waals surface area contributed by atoms with Crippen LogP contribution in [-0.4, -0.2) is 79.7 Å². The van der Waals surface area contributed by atoms with Crippen molar-refractivity contribution in [3.8, 4) is 27.7 Å². The summed E-state index contributed by atoms with van der Waals surface area (Å²) in [4.78, 5) is 13.7. The SMILES string of the molecule is CCN1C[C@@H]2C[C@H]1CN2c1sc(-c2n[nH]c(-c3cc(OC)c4ncnn4c3)c2CC(F)(F)F)nc1C. The zero-order chi connectivity index (χ0) is 25.2. The van der Waals surface area contributed by atoms with Gasteiger partial charge in [-0.15, -0.1) is 0 Å². The van der Waals surface area contributed by atoms with E-state index in [2.05, 4.69) is 42.0 Å². The second-order valence-electron chi connectivity index (χ2n) is 9.24. The van der Waals surface area contributed by atoms with Crippen LogP contribution in [0.3, 0.4) is 0 Å². The molecule has 0 unspecified atom stereocenters. The summed E-state index contributed by atoms with van der Waals surface area (Å²) in [5.41, 5.74) is 2.28. The number of aromatic amines is 1. The van der Waals surface area contributed by atoms with Gasteiger partial charge in [-0.05, 0) is 26.0 Å². The van der Waals surface area contributed by atoms with E-state index in [-0.39, 0.29) is 17.0 Å². The second-order valence-corrected chi connectivity index (χ2v) is 10.2. The largest absolute Gasteiger partial charge is 0.493 e. The van der Waals surface area contributed by atoms with Crippen LogP contribution in [-0.2, 0) is 6.42 Å². The Balaban J connectivity index is 1.41. The van der Waals surface area contributed by atoms with Crippen LogP contribution >= 0.6 is 11.3 Å². The highest BCUT2D eigenvalue weighted by atomic mass is 32.1. The van der Waals surface area contributed by atoms with Gasteiger partial charge in [-0.3, -0.25) is 10.00 Å². The summed E-state index contributed by atoms with van der Waals surface area (Å²) in [6.07, 6.45) is -1.48. The lowest BCUT2D eigenvalue weighted by molar-refractivity contribution is -0.127. The van der Waals surface area contributed by atoms with Gasteiger partial charge in [-0.1, -0.05) is 18.3 Å². The van der Waals surface area contributed by atoms with E-state index in [1.165, 1.54) is 29.3 Å². The number of fused-ring (bicyclic) bond motifs is 3. The highest BCUT2D eigenvalue weighted by Gasteiger charge is 2.44. The number of halogens is 3. The second kappa shape index (κ2) is 8.44. The molecule has 0 aromatic carbocycles. The number of likely N-dealkylation sites (tertiary alicyclic amines) is 1. The summed E-state index contributed by atoms with van der Waals surface area (Å²) in [6.45, 7) is 7.05. The molecule has 2 aliphatic rings. The standard InChI is InChI=1S/C23H25F3N8OS/c1-4-32-9-15-6-14(32)10-33(15)22-12(2)29-21(36-22)19-16(7-23(24,25)26)18(30-31-19)13-5-17(35-3)20-27-11-28-34(20)8-13/h5,8,11,14-15H,4,6-7,9-10H2,1-3H3,(H,30,31)/t14-,15-/m0/s1. The van der Waals surface area contributed by atoms with Gasteiger partial charge in [0, 0.05) is 42.5 Å². The van der Waals surface area contributed by atoms with Crippen molar-refractivity contribution in [3.63, 3.8) is 0 Å². The van der Waals surface area contributed by atoms with Crippen molar-refractivity contribution < 1.29 is 17.9 Å². The van der Waals surface area contributed by atoms with E-state index in [1.54, 1.807) is 12.3 Å². The number of rotatable bonds is 6. The van der Waals surface area contributed by atoms with Gasteiger partial charge in [0.1, 0.15) is 22.0 Å². The number of anilines is 1. The number of hydrogen-bond donors (Lipinski definition) is 1. The van der Waals surface area contributed by atoms with Crippen LogP contribution in [0.4, 0.5) is 18.2 Å². The molecule has 0 aliphatic carbocycles. The Hall–Kier alpha value is -3.19. The van der Waals surface area contributed by atoms with Crippen molar-refractivity contribution in [3.05, 3.63) is 29.8 Å². The fraction of sp³-hybridized carbons (Fsp3) is 0.478. The molecule has 9 nitrogen and oxygen atoms in total. The first kappa shape index (κ1) is 23.2. The highest BCUT2D eigenvalue weighted by Crippen LogP contribution is 2.43. The number of H-pyrrole nitrogens is 1. The van der Waals surface area contributed by atoms with E-state index in [4.69, 9.17) is 4.74 Å². The Kier molecular flexibility index (Phi) is 5.45. The van der Waals surface area contributed by atoms with Gasteiger partial charge in [0.2, 0.25) is 0 Å². The molecule has 4 aromatic heterocycles. The smallest absolute Gasteiger partial charge is 0.393 e. The number of aromatic nitrogens is 6. The number of nitrogens with one attached hydrogen (secondary N) is 1. The van der Waals surface area contributed by atoms with E-state index in [1.807, 2.05) is 6.92 Å². The van der Waals surface area contributed by atoms with E-state index in [0.29, 0.717) is 34.1 Å². The predicted octanol–water partition coefficient (Wildman–Crippen LogP) is 3.95. The number of methoxy groups -OCH3 is 1. The highest BCUT2D eigenvalue weighted by molar-refractivity contribution is 7.19. The molecule has 2 bridgehead atoms. The Morgan fingerprint density at radius 1 is 1.25 bits per heavy atom. The fourth-order valence-corrected chi connectivity index (χ4v) is 6.64. The zero-order valence-corrected chi connectivity index (χ0v) is 20.8. The fourth-order valence-electron chi connectivity index (χ4n) is 5.48. The summed E-state index contributed by atoms with van der Waals surface area (Å²) in [7, 11) is 1.48. The number of likely N-dealkylation sites (N-methyl/N-ethyl adjacent to an activating group) is 1. The quantitative estimate of drug-likeness (QED) is 0.414. The van der Waals surface area contributed by atoms with Crippen LogP contribution in [0.2, 0.25) is 0 Å². The lowest BCUT2D eigenvalue weighted by Gasteiger charge is -2.34. The monoisotopic (exact) mass is 518 g/mol. The molecule has 0 spiro atoms. The van der Waals surface area contributed by atoms with Gasteiger partial charge < -0.3 is 9.64 Å². The maximum atomic E-state index is 13.7. The Labute approximate surface area is 208 Å². The van der Waals surface area contributed by atoms with Gasteiger partial charge in [0.05, 0.1) is 24.9 Å². The molecule has 6 rings (SSSR count). The molecule has 0 amide bonds. The first-order chi connectivity index (χ1) is 17.3. The molecule has 2 atom stereocenters. The van der Waals surface area contributed by atoms with Gasteiger partial charge in [-0.25, -0.2) is 14.5 Å². The number of pyridine rings is 1. The third kappa shape index (κ3) is 3.81. The number of thiazole rings is 1. The molecule has 0 saturated carbocycles. The first-order valence-corrected chi connectivity index (χ1v) is 12.6. The van der Waals surface area contributed by atoms with Crippen molar-refractivity contribution >= 4 is 22.0 Å². The number of hydrogen-bond acceptors (Lipinski definition) is 8.